The van der Waals surface area contributed by atoms with Crippen molar-refractivity contribution < 1.29 is 8.42 Å². The third-order valence-corrected chi connectivity index (χ3v) is 5.30. The lowest BCUT2D eigenvalue weighted by molar-refractivity contribution is 0.413. The highest BCUT2D eigenvalue weighted by atomic mass is 32.2. The van der Waals surface area contributed by atoms with Crippen molar-refractivity contribution in [3.63, 3.8) is 0 Å². The van der Waals surface area contributed by atoms with Crippen molar-refractivity contribution in [2.45, 2.75) is 57.9 Å². The SMILES string of the molecule is CC1=C(S(=O)(=O)NC2CCCCC2)C=CCC1. The van der Waals surface area contributed by atoms with Gasteiger partial charge in [-0.3, -0.25) is 0 Å². The maximum absolute atomic E-state index is 12.2. The van der Waals surface area contributed by atoms with Crippen LogP contribution in [0.25, 0.3) is 0 Å². The number of nitrogens with one attached hydrogen (secondary N) is 1. The Hall–Kier alpha value is -0.610. The van der Waals surface area contributed by atoms with Crippen molar-refractivity contribution in [2.24, 2.45) is 0 Å². The quantitative estimate of drug-likeness (QED) is 0.843. The average Bonchev–Trinajstić information content (AvgIpc) is 2.30. The molecule has 0 aliphatic heterocycles. The molecule has 2 aliphatic rings. The molecule has 0 atom stereocenters. The minimum Gasteiger partial charge on any atom is -0.208 e. The molecule has 0 aromatic carbocycles. The van der Waals surface area contributed by atoms with E-state index in [0.717, 1.165) is 44.1 Å². The van der Waals surface area contributed by atoms with Crippen LogP contribution in [0.15, 0.2) is 22.6 Å². The first-order chi connectivity index (χ1) is 8.09. The molecule has 1 saturated carbocycles. The Morgan fingerprint density at radius 3 is 2.59 bits per heavy atom. The molecule has 96 valence electrons. The first kappa shape index (κ1) is 12.8. The van der Waals surface area contributed by atoms with Crippen LogP contribution in [0.5, 0.6) is 0 Å². The van der Waals surface area contributed by atoms with Crippen LogP contribution in [-0.2, 0) is 10.0 Å². The molecular formula is C13H21NO2S. The van der Waals surface area contributed by atoms with Gasteiger partial charge >= 0.3 is 0 Å². The maximum Gasteiger partial charge on any atom is 0.240 e. The van der Waals surface area contributed by atoms with E-state index in [-0.39, 0.29) is 6.04 Å². The van der Waals surface area contributed by atoms with Gasteiger partial charge in [-0.1, -0.05) is 30.9 Å². The van der Waals surface area contributed by atoms with Crippen molar-refractivity contribution in [3.8, 4) is 0 Å². The van der Waals surface area contributed by atoms with Crippen LogP contribution < -0.4 is 4.72 Å². The molecule has 2 rings (SSSR count). The summed E-state index contributed by atoms with van der Waals surface area (Å²) in [4.78, 5) is 0.495. The third kappa shape index (κ3) is 3.19. The Kier molecular flexibility index (Phi) is 4.05. The number of hydrogen-bond acceptors (Lipinski definition) is 2. The molecule has 1 fully saturated rings. The Balaban J connectivity index is 2.10. The minimum absolute atomic E-state index is 0.143. The zero-order valence-electron chi connectivity index (χ0n) is 10.4. The van der Waals surface area contributed by atoms with Gasteiger partial charge in [0.15, 0.2) is 0 Å². The fourth-order valence-corrected chi connectivity index (χ4v) is 4.22. The van der Waals surface area contributed by atoms with Crippen LogP contribution in [0, 0.1) is 0 Å². The van der Waals surface area contributed by atoms with Crippen molar-refractivity contribution in [3.05, 3.63) is 22.6 Å². The van der Waals surface area contributed by atoms with Crippen LogP contribution in [-0.4, -0.2) is 14.5 Å². The lowest BCUT2D eigenvalue weighted by Gasteiger charge is -2.24. The topological polar surface area (TPSA) is 46.2 Å². The highest BCUT2D eigenvalue weighted by Gasteiger charge is 2.24. The number of sulfonamides is 1. The summed E-state index contributed by atoms with van der Waals surface area (Å²) in [5.74, 6) is 0. The third-order valence-electron chi connectivity index (χ3n) is 3.59. The molecular weight excluding hydrogens is 234 g/mol. The smallest absolute Gasteiger partial charge is 0.208 e. The summed E-state index contributed by atoms with van der Waals surface area (Å²) >= 11 is 0. The number of hydrogen-bond donors (Lipinski definition) is 1. The monoisotopic (exact) mass is 255 g/mol. The van der Waals surface area contributed by atoms with Gasteiger partial charge in [0.1, 0.15) is 0 Å². The van der Waals surface area contributed by atoms with Gasteiger partial charge in [0.2, 0.25) is 10.0 Å². The second kappa shape index (κ2) is 5.36. The second-order valence-electron chi connectivity index (χ2n) is 5.04. The molecule has 0 unspecified atom stereocenters. The van der Waals surface area contributed by atoms with Crippen LogP contribution >= 0.6 is 0 Å². The van der Waals surface area contributed by atoms with Gasteiger partial charge in [-0.25, -0.2) is 13.1 Å². The zero-order valence-corrected chi connectivity index (χ0v) is 11.2. The Labute approximate surface area is 104 Å². The maximum atomic E-state index is 12.2. The van der Waals surface area contributed by atoms with E-state index < -0.39 is 10.0 Å². The van der Waals surface area contributed by atoms with E-state index in [4.69, 9.17) is 0 Å². The lowest BCUT2D eigenvalue weighted by Crippen LogP contribution is -2.37. The zero-order chi connectivity index (χ0) is 12.3. The summed E-state index contributed by atoms with van der Waals surface area (Å²) in [6.07, 6.45) is 11.0. The average molecular weight is 255 g/mol. The van der Waals surface area contributed by atoms with Gasteiger partial charge in [-0.05, 0) is 38.7 Å². The second-order valence-corrected chi connectivity index (χ2v) is 6.72. The molecule has 0 aromatic heterocycles. The van der Waals surface area contributed by atoms with Crippen LogP contribution in [0.1, 0.15) is 51.9 Å². The predicted octanol–water partition coefficient (Wildman–Crippen LogP) is 2.86. The Bertz CT molecular complexity index is 428. The van der Waals surface area contributed by atoms with E-state index in [1.807, 2.05) is 13.0 Å². The first-order valence-electron chi connectivity index (χ1n) is 6.48. The molecule has 3 nitrogen and oxygen atoms in total. The van der Waals surface area contributed by atoms with Gasteiger partial charge < -0.3 is 0 Å². The number of allylic oxidation sites excluding steroid dienone is 3. The Morgan fingerprint density at radius 2 is 1.94 bits per heavy atom. The van der Waals surface area contributed by atoms with E-state index in [2.05, 4.69) is 4.72 Å². The molecule has 17 heavy (non-hydrogen) atoms. The molecule has 1 N–H and O–H groups in total. The van der Waals surface area contributed by atoms with Gasteiger partial charge in [0, 0.05) is 6.04 Å². The summed E-state index contributed by atoms with van der Waals surface area (Å²) in [5.41, 5.74) is 0.982. The molecule has 4 heteroatoms. The molecule has 0 amide bonds. The molecule has 0 spiro atoms. The molecule has 0 radical (unpaired) electrons. The summed E-state index contributed by atoms with van der Waals surface area (Å²) in [6.45, 7) is 1.92. The van der Waals surface area contributed by atoms with Gasteiger partial charge in [0.25, 0.3) is 0 Å². The summed E-state index contributed by atoms with van der Waals surface area (Å²) < 4.78 is 27.3. The van der Waals surface area contributed by atoms with Crippen LogP contribution in [0.2, 0.25) is 0 Å². The Morgan fingerprint density at radius 1 is 1.24 bits per heavy atom. The summed E-state index contributed by atoms with van der Waals surface area (Å²) in [7, 11) is -3.29. The minimum atomic E-state index is -3.29. The van der Waals surface area contributed by atoms with E-state index in [1.165, 1.54) is 6.42 Å². The van der Waals surface area contributed by atoms with E-state index in [0.29, 0.717) is 4.91 Å². The van der Waals surface area contributed by atoms with Gasteiger partial charge in [-0.2, -0.15) is 0 Å². The largest absolute Gasteiger partial charge is 0.240 e. The molecule has 0 aromatic rings. The molecule has 0 saturated heterocycles. The summed E-state index contributed by atoms with van der Waals surface area (Å²) in [5, 5.41) is 0. The van der Waals surface area contributed by atoms with E-state index in [9.17, 15) is 8.42 Å². The molecule has 0 heterocycles. The predicted molar refractivity (Wildman–Crippen MR) is 70.0 cm³/mol. The fraction of sp³-hybridized carbons (Fsp3) is 0.692. The van der Waals surface area contributed by atoms with Crippen molar-refractivity contribution in [1.82, 2.24) is 4.72 Å². The molecule has 0 bridgehead atoms. The number of rotatable bonds is 3. The van der Waals surface area contributed by atoms with Gasteiger partial charge in [0.05, 0.1) is 4.91 Å². The highest BCUT2D eigenvalue weighted by molar-refractivity contribution is 7.93. The van der Waals surface area contributed by atoms with Gasteiger partial charge in [-0.15, -0.1) is 0 Å². The first-order valence-corrected chi connectivity index (χ1v) is 7.96. The molecule has 2 aliphatic carbocycles. The fourth-order valence-electron chi connectivity index (χ4n) is 2.58. The van der Waals surface area contributed by atoms with Crippen LogP contribution in [0.3, 0.4) is 0 Å². The normalized spacial score (nSPS) is 23.1. The van der Waals surface area contributed by atoms with Crippen molar-refractivity contribution >= 4 is 10.0 Å². The van der Waals surface area contributed by atoms with Crippen LogP contribution in [0.4, 0.5) is 0 Å². The standard InChI is InChI=1S/C13H21NO2S/c1-11-7-5-6-10-13(11)17(15,16)14-12-8-3-2-4-9-12/h6,10,12,14H,2-5,7-9H2,1H3. The lowest BCUT2D eigenvalue weighted by atomic mass is 9.96. The van der Waals surface area contributed by atoms with Crippen molar-refractivity contribution in [2.75, 3.05) is 0 Å². The van der Waals surface area contributed by atoms with Crippen molar-refractivity contribution in [1.29, 1.82) is 0 Å². The van der Waals surface area contributed by atoms with E-state index >= 15 is 0 Å². The summed E-state index contributed by atoms with van der Waals surface area (Å²) in [6, 6.07) is 0.143. The highest BCUT2D eigenvalue weighted by Crippen LogP contribution is 2.24. The van der Waals surface area contributed by atoms with E-state index in [1.54, 1.807) is 6.08 Å².